The molecular formula is C22H28N4O4. The first-order chi connectivity index (χ1) is 14.5. The number of unbranched alkanes of at least 4 members (excludes halogenated alkanes) is 1. The molecule has 0 spiro atoms. The molecule has 8 heteroatoms. The van der Waals surface area contributed by atoms with Crippen molar-refractivity contribution in [3.05, 3.63) is 41.2 Å². The molecule has 3 rings (SSSR count). The molecule has 3 heterocycles. The zero-order valence-electron chi connectivity index (χ0n) is 17.3. The van der Waals surface area contributed by atoms with Crippen molar-refractivity contribution in [1.82, 2.24) is 15.2 Å². The van der Waals surface area contributed by atoms with Crippen LogP contribution in [0.2, 0.25) is 0 Å². The molecule has 0 saturated heterocycles. The van der Waals surface area contributed by atoms with E-state index < -0.39 is 11.9 Å². The Hall–Kier alpha value is -3.03. The highest BCUT2D eigenvalue weighted by Gasteiger charge is 2.21. The van der Waals surface area contributed by atoms with Crippen LogP contribution in [-0.2, 0) is 22.4 Å². The third-order valence-electron chi connectivity index (χ3n) is 5.27. The number of hydrogen-bond acceptors (Lipinski definition) is 7. The maximum atomic E-state index is 12.4. The van der Waals surface area contributed by atoms with Crippen molar-refractivity contribution in [2.45, 2.75) is 57.3 Å². The predicted molar refractivity (Wildman–Crippen MR) is 112 cm³/mol. The molecule has 30 heavy (non-hydrogen) atoms. The molecule has 2 N–H and O–H groups in total. The first kappa shape index (κ1) is 21.7. The molecule has 1 aliphatic rings. The van der Waals surface area contributed by atoms with Crippen molar-refractivity contribution in [3.8, 4) is 5.88 Å². The fraction of sp³-hybridized carbons (Fsp3) is 0.500. The van der Waals surface area contributed by atoms with Gasteiger partial charge in [-0.05, 0) is 49.8 Å². The van der Waals surface area contributed by atoms with E-state index in [0.717, 1.165) is 50.2 Å². The molecule has 0 bridgehead atoms. The number of fused-ring (bicyclic) bond motifs is 1. The molecule has 2 aromatic heterocycles. The van der Waals surface area contributed by atoms with Crippen molar-refractivity contribution < 1.29 is 19.4 Å². The smallest absolute Gasteiger partial charge is 0.304 e. The van der Waals surface area contributed by atoms with Crippen LogP contribution in [-0.4, -0.2) is 45.7 Å². The molecule has 1 atom stereocenters. The fourth-order valence-electron chi connectivity index (χ4n) is 3.66. The Kier molecular flexibility index (Phi) is 7.70. The standard InChI is InChI=1S/C22H28N4O4/c1-30-20-11-10-19(25-26-20)16(14-21(28)29)13-18(27)7-3-2-6-17-9-8-15-5-4-12-23-22(15)24-17/h8-11,16H,2-7,12-14H2,1H3,(H,23,24)(H,28,29)/t16-/m0/s1. The lowest BCUT2D eigenvalue weighted by molar-refractivity contribution is -0.137. The van der Waals surface area contributed by atoms with E-state index in [1.807, 2.05) is 0 Å². The highest BCUT2D eigenvalue weighted by atomic mass is 16.5. The monoisotopic (exact) mass is 412 g/mol. The van der Waals surface area contributed by atoms with E-state index in [4.69, 9.17) is 4.74 Å². The SMILES string of the molecule is COc1ccc([C@H](CC(=O)O)CC(=O)CCCCc2ccc3c(n2)NCCC3)nn1. The number of nitrogens with one attached hydrogen (secondary N) is 1. The Morgan fingerprint density at radius 2 is 2.03 bits per heavy atom. The zero-order chi connectivity index (χ0) is 21.3. The number of carboxylic acid groups (broad SMARTS) is 1. The lowest BCUT2D eigenvalue weighted by atomic mass is 9.93. The van der Waals surface area contributed by atoms with Crippen molar-refractivity contribution in [2.75, 3.05) is 19.0 Å². The first-order valence-corrected chi connectivity index (χ1v) is 10.4. The Balaban J connectivity index is 1.47. The summed E-state index contributed by atoms with van der Waals surface area (Å²) in [7, 11) is 1.48. The van der Waals surface area contributed by atoms with Gasteiger partial charge in [-0.25, -0.2) is 4.98 Å². The number of aryl methyl sites for hydroxylation is 2. The molecule has 0 saturated carbocycles. The maximum Gasteiger partial charge on any atom is 0.304 e. The van der Waals surface area contributed by atoms with Crippen molar-refractivity contribution in [2.24, 2.45) is 0 Å². The summed E-state index contributed by atoms with van der Waals surface area (Å²) in [6, 6.07) is 7.50. The number of Topliss-reactive ketones (excluding diaryl/α,β-unsaturated/α-hetero) is 1. The topological polar surface area (TPSA) is 114 Å². The Morgan fingerprint density at radius 1 is 1.17 bits per heavy atom. The number of aromatic nitrogens is 3. The summed E-state index contributed by atoms with van der Waals surface area (Å²) >= 11 is 0. The summed E-state index contributed by atoms with van der Waals surface area (Å²) in [4.78, 5) is 28.3. The van der Waals surface area contributed by atoms with Gasteiger partial charge in [0.25, 0.3) is 0 Å². The van der Waals surface area contributed by atoms with Gasteiger partial charge in [0.2, 0.25) is 5.88 Å². The number of rotatable bonds is 11. The Labute approximate surface area is 176 Å². The van der Waals surface area contributed by atoms with Gasteiger partial charge in [0.15, 0.2) is 0 Å². The number of nitrogens with zero attached hydrogens (tertiary/aromatic N) is 3. The third kappa shape index (κ3) is 6.23. The summed E-state index contributed by atoms with van der Waals surface area (Å²) in [5.74, 6) is -0.0599. The number of ketones is 1. The summed E-state index contributed by atoms with van der Waals surface area (Å²) in [5, 5.41) is 20.4. The van der Waals surface area contributed by atoms with Gasteiger partial charge in [0.05, 0.1) is 19.2 Å². The lowest BCUT2D eigenvalue weighted by Gasteiger charge is -2.17. The normalized spacial score (nSPS) is 13.8. The van der Waals surface area contributed by atoms with Crippen LogP contribution in [0.15, 0.2) is 24.3 Å². The van der Waals surface area contributed by atoms with E-state index in [-0.39, 0.29) is 18.6 Å². The molecule has 0 aromatic carbocycles. The molecule has 1 aliphatic heterocycles. The van der Waals surface area contributed by atoms with Gasteiger partial charge in [0.1, 0.15) is 11.6 Å². The molecule has 0 aliphatic carbocycles. The summed E-state index contributed by atoms with van der Waals surface area (Å²) in [6.45, 7) is 0.966. The fourth-order valence-corrected chi connectivity index (χ4v) is 3.66. The minimum atomic E-state index is -0.961. The van der Waals surface area contributed by atoms with Crippen LogP contribution in [0.3, 0.4) is 0 Å². The Bertz CT molecular complexity index is 870. The number of anilines is 1. The molecule has 8 nitrogen and oxygen atoms in total. The second kappa shape index (κ2) is 10.7. The molecular weight excluding hydrogens is 384 g/mol. The van der Waals surface area contributed by atoms with Gasteiger partial charge in [-0.15, -0.1) is 5.10 Å². The van der Waals surface area contributed by atoms with Crippen LogP contribution < -0.4 is 10.1 Å². The number of carbonyl (C=O) groups excluding carboxylic acids is 1. The van der Waals surface area contributed by atoms with Gasteiger partial charge in [-0.1, -0.05) is 6.07 Å². The van der Waals surface area contributed by atoms with E-state index >= 15 is 0 Å². The number of ether oxygens (including phenoxy) is 1. The van der Waals surface area contributed by atoms with Gasteiger partial charge < -0.3 is 15.2 Å². The third-order valence-corrected chi connectivity index (χ3v) is 5.27. The van der Waals surface area contributed by atoms with Crippen LogP contribution in [0, 0.1) is 0 Å². The average Bonchev–Trinajstić information content (AvgIpc) is 2.76. The largest absolute Gasteiger partial charge is 0.481 e. The van der Waals surface area contributed by atoms with E-state index in [1.165, 1.54) is 12.7 Å². The van der Waals surface area contributed by atoms with Gasteiger partial charge >= 0.3 is 5.97 Å². The number of carboxylic acids is 1. The predicted octanol–water partition coefficient (Wildman–Crippen LogP) is 3.17. The van der Waals surface area contributed by atoms with Gasteiger partial charge in [-0.3, -0.25) is 9.59 Å². The minimum absolute atomic E-state index is 0.0407. The van der Waals surface area contributed by atoms with E-state index in [9.17, 15) is 14.7 Å². The lowest BCUT2D eigenvalue weighted by Crippen LogP contribution is -2.14. The van der Waals surface area contributed by atoms with E-state index in [0.29, 0.717) is 18.0 Å². The summed E-state index contributed by atoms with van der Waals surface area (Å²) < 4.78 is 4.98. The first-order valence-electron chi connectivity index (χ1n) is 10.4. The summed E-state index contributed by atoms with van der Waals surface area (Å²) in [5.41, 5.74) is 2.80. The van der Waals surface area contributed by atoms with Crippen molar-refractivity contribution in [1.29, 1.82) is 0 Å². The van der Waals surface area contributed by atoms with Crippen LogP contribution in [0.4, 0.5) is 5.82 Å². The zero-order valence-corrected chi connectivity index (χ0v) is 17.3. The Morgan fingerprint density at radius 3 is 2.77 bits per heavy atom. The molecule has 160 valence electrons. The average molecular weight is 412 g/mol. The van der Waals surface area contributed by atoms with Crippen LogP contribution >= 0.6 is 0 Å². The number of aliphatic carboxylic acids is 1. The molecule has 0 amide bonds. The van der Waals surface area contributed by atoms with Crippen molar-refractivity contribution >= 4 is 17.6 Å². The second-order valence-electron chi connectivity index (χ2n) is 7.59. The molecule has 0 unspecified atom stereocenters. The minimum Gasteiger partial charge on any atom is -0.481 e. The molecule has 0 fully saturated rings. The number of hydrogen-bond donors (Lipinski definition) is 2. The maximum absolute atomic E-state index is 12.4. The summed E-state index contributed by atoms with van der Waals surface area (Å²) in [6.07, 6.45) is 5.06. The number of pyridine rings is 1. The number of methoxy groups -OCH3 is 1. The van der Waals surface area contributed by atoms with Crippen LogP contribution in [0.25, 0.3) is 0 Å². The van der Waals surface area contributed by atoms with Crippen molar-refractivity contribution in [3.63, 3.8) is 0 Å². The van der Waals surface area contributed by atoms with Crippen LogP contribution in [0.1, 0.15) is 61.4 Å². The number of carbonyl (C=O) groups is 2. The highest BCUT2D eigenvalue weighted by Crippen LogP contribution is 2.24. The van der Waals surface area contributed by atoms with Crippen LogP contribution in [0.5, 0.6) is 5.88 Å². The molecule has 2 aromatic rings. The van der Waals surface area contributed by atoms with Gasteiger partial charge in [0, 0.05) is 37.1 Å². The highest BCUT2D eigenvalue weighted by molar-refractivity contribution is 5.80. The van der Waals surface area contributed by atoms with E-state index in [2.05, 4.69) is 32.6 Å². The van der Waals surface area contributed by atoms with Gasteiger partial charge in [-0.2, -0.15) is 5.10 Å². The quantitative estimate of drug-likeness (QED) is 0.541. The molecule has 0 radical (unpaired) electrons. The van der Waals surface area contributed by atoms with E-state index in [1.54, 1.807) is 12.1 Å². The second-order valence-corrected chi connectivity index (χ2v) is 7.59.